The molecule has 3 aromatic carbocycles. The molecule has 0 unspecified atom stereocenters. The molecule has 0 atom stereocenters. The highest BCUT2D eigenvalue weighted by molar-refractivity contribution is 6.09. The molecule has 0 aliphatic rings. The van der Waals surface area contributed by atoms with Gasteiger partial charge in [-0.1, -0.05) is 62.4 Å². The number of nitrogens with zero attached hydrogens (tertiary/aromatic N) is 3. The number of rotatable bonds is 3. The van der Waals surface area contributed by atoms with Gasteiger partial charge in [0.1, 0.15) is 17.1 Å². The summed E-state index contributed by atoms with van der Waals surface area (Å²) >= 11 is 0. The van der Waals surface area contributed by atoms with Gasteiger partial charge in [-0.3, -0.25) is 4.57 Å². The summed E-state index contributed by atoms with van der Waals surface area (Å²) in [5, 5.41) is 13.7. The number of para-hydroxylation sites is 2. The fourth-order valence-corrected chi connectivity index (χ4v) is 4.88. The molecule has 4 nitrogen and oxygen atoms in total. The molecule has 0 aliphatic carbocycles. The van der Waals surface area contributed by atoms with Crippen LogP contribution in [-0.4, -0.2) is 19.6 Å². The first kappa shape index (κ1) is 20.4. The Morgan fingerprint density at radius 1 is 0.794 bits per heavy atom. The standard InChI is InChI=1S/C30H25N3O/c1-19-15-16-31-28(17-19)33-24-9-5-4-8-22(24)23-13-12-21(18-25(23)33)30(2,3)27-14-11-20-7-6-10-26(34)29(20)32-27/h4-18,34H,1-3H3. The topological polar surface area (TPSA) is 50.9 Å². The van der Waals surface area contributed by atoms with Crippen LogP contribution in [0.5, 0.6) is 5.75 Å². The Morgan fingerprint density at radius 3 is 2.47 bits per heavy atom. The number of pyridine rings is 2. The molecule has 0 saturated carbocycles. The third-order valence-electron chi connectivity index (χ3n) is 6.86. The van der Waals surface area contributed by atoms with E-state index >= 15 is 0 Å². The summed E-state index contributed by atoms with van der Waals surface area (Å²) in [7, 11) is 0. The molecule has 3 heterocycles. The van der Waals surface area contributed by atoms with Crippen molar-refractivity contribution >= 4 is 32.7 Å². The molecule has 0 spiro atoms. The molecular formula is C30H25N3O. The number of aromatic hydroxyl groups is 1. The van der Waals surface area contributed by atoms with Crippen molar-refractivity contribution in [3.05, 3.63) is 108 Å². The fraction of sp³-hybridized carbons (Fsp3) is 0.133. The second kappa shape index (κ2) is 7.42. The number of fused-ring (bicyclic) bond motifs is 4. The SMILES string of the molecule is Cc1ccnc(-n2c3ccccc3c3ccc(C(C)(C)c4ccc5cccc(O)c5n4)cc32)c1. The van der Waals surface area contributed by atoms with Gasteiger partial charge in [0.2, 0.25) is 0 Å². The second-order valence-corrected chi connectivity index (χ2v) is 9.45. The molecular weight excluding hydrogens is 418 g/mol. The van der Waals surface area contributed by atoms with Gasteiger partial charge in [0.05, 0.1) is 16.7 Å². The Balaban J connectivity index is 1.60. The Morgan fingerprint density at radius 2 is 1.62 bits per heavy atom. The molecule has 0 fully saturated rings. The fourth-order valence-electron chi connectivity index (χ4n) is 4.88. The zero-order valence-corrected chi connectivity index (χ0v) is 19.4. The number of aryl methyl sites for hydroxylation is 1. The van der Waals surface area contributed by atoms with Gasteiger partial charge in [0, 0.05) is 27.8 Å². The van der Waals surface area contributed by atoms with E-state index in [0.29, 0.717) is 5.52 Å². The predicted molar refractivity (Wildman–Crippen MR) is 139 cm³/mol. The summed E-state index contributed by atoms with van der Waals surface area (Å²) < 4.78 is 2.25. The van der Waals surface area contributed by atoms with E-state index in [0.717, 1.165) is 33.5 Å². The zero-order chi connectivity index (χ0) is 23.4. The summed E-state index contributed by atoms with van der Waals surface area (Å²) in [5.41, 5.74) is 5.76. The van der Waals surface area contributed by atoms with Crippen LogP contribution in [0, 0.1) is 6.92 Å². The minimum atomic E-state index is -0.369. The molecule has 0 aliphatic heterocycles. The number of phenolic OH excluding ortho intramolecular Hbond substituents is 1. The van der Waals surface area contributed by atoms with Crippen molar-refractivity contribution in [1.82, 2.24) is 14.5 Å². The first-order valence-electron chi connectivity index (χ1n) is 11.5. The van der Waals surface area contributed by atoms with Crippen molar-refractivity contribution in [2.24, 2.45) is 0 Å². The van der Waals surface area contributed by atoms with E-state index in [4.69, 9.17) is 9.97 Å². The van der Waals surface area contributed by atoms with Crippen molar-refractivity contribution in [2.45, 2.75) is 26.2 Å². The van der Waals surface area contributed by atoms with E-state index < -0.39 is 0 Å². The third-order valence-corrected chi connectivity index (χ3v) is 6.86. The van der Waals surface area contributed by atoms with Crippen molar-refractivity contribution in [3.8, 4) is 11.6 Å². The van der Waals surface area contributed by atoms with Crippen LogP contribution in [0.3, 0.4) is 0 Å². The summed E-state index contributed by atoms with van der Waals surface area (Å²) in [6.45, 7) is 6.45. The maximum absolute atomic E-state index is 10.4. The summed E-state index contributed by atoms with van der Waals surface area (Å²) in [5.74, 6) is 1.12. The van der Waals surface area contributed by atoms with Crippen LogP contribution in [0.4, 0.5) is 0 Å². The molecule has 34 heavy (non-hydrogen) atoms. The van der Waals surface area contributed by atoms with E-state index in [2.05, 4.69) is 79.9 Å². The summed E-state index contributed by atoms with van der Waals surface area (Å²) in [6, 6.07) is 28.9. The number of hydrogen-bond acceptors (Lipinski definition) is 3. The quantitative estimate of drug-likeness (QED) is 0.318. The molecule has 3 aromatic heterocycles. The van der Waals surface area contributed by atoms with Gasteiger partial charge in [-0.2, -0.15) is 0 Å². The monoisotopic (exact) mass is 443 g/mol. The van der Waals surface area contributed by atoms with Crippen LogP contribution in [0.2, 0.25) is 0 Å². The average molecular weight is 444 g/mol. The Kier molecular flexibility index (Phi) is 4.46. The molecule has 166 valence electrons. The molecule has 0 radical (unpaired) electrons. The first-order chi connectivity index (χ1) is 16.4. The lowest BCUT2D eigenvalue weighted by molar-refractivity contribution is 0.480. The van der Waals surface area contributed by atoms with Gasteiger partial charge in [-0.05, 0) is 54.4 Å². The molecule has 6 rings (SSSR count). The lowest BCUT2D eigenvalue weighted by Crippen LogP contribution is -2.20. The van der Waals surface area contributed by atoms with Crippen molar-refractivity contribution in [3.63, 3.8) is 0 Å². The lowest BCUT2D eigenvalue weighted by atomic mass is 9.80. The summed E-state index contributed by atoms with van der Waals surface area (Å²) in [4.78, 5) is 9.57. The third kappa shape index (κ3) is 3.06. The maximum atomic E-state index is 10.4. The van der Waals surface area contributed by atoms with Gasteiger partial charge in [0.25, 0.3) is 0 Å². The van der Waals surface area contributed by atoms with Crippen LogP contribution >= 0.6 is 0 Å². The first-order valence-corrected chi connectivity index (χ1v) is 11.5. The highest BCUT2D eigenvalue weighted by Crippen LogP contribution is 2.37. The number of phenols is 1. The van der Waals surface area contributed by atoms with Crippen LogP contribution in [-0.2, 0) is 5.41 Å². The van der Waals surface area contributed by atoms with Gasteiger partial charge in [-0.15, -0.1) is 0 Å². The largest absolute Gasteiger partial charge is 0.506 e. The molecule has 6 aromatic rings. The van der Waals surface area contributed by atoms with E-state index in [1.54, 1.807) is 6.07 Å². The van der Waals surface area contributed by atoms with Crippen molar-refractivity contribution in [1.29, 1.82) is 0 Å². The maximum Gasteiger partial charge on any atom is 0.141 e. The minimum Gasteiger partial charge on any atom is -0.506 e. The molecule has 0 amide bonds. The van der Waals surface area contributed by atoms with Crippen molar-refractivity contribution in [2.75, 3.05) is 0 Å². The zero-order valence-electron chi connectivity index (χ0n) is 19.4. The van der Waals surface area contributed by atoms with Crippen molar-refractivity contribution < 1.29 is 5.11 Å². The second-order valence-electron chi connectivity index (χ2n) is 9.45. The number of benzene rings is 3. The van der Waals surface area contributed by atoms with Gasteiger partial charge >= 0.3 is 0 Å². The Labute approximate surface area is 198 Å². The van der Waals surface area contributed by atoms with E-state index in [9.17, 15) is 5.11 Å². The smallest absolute Gasteiger partial charge is 0.141 e. The Hall–Kier alpha value is -4.18. The normalized spacial score (nSPS) is 12.1. The predicted octanol–water partition coefficient (Wildman–Crippen LogP) is 7.07. The van der Waals surface area contributed by atoms with Crippen LogP contribution < -0.4 is 0 Å². The highest BCUT2D eigenvalue weighted by atomic mass is 16.3. The van der Waals surface area contributed by atoms with E-state index in [1.165, 1.54) is 16.3 Å². The van der Waals surface area contributed by atoms with Gasteiger partial charge in [0.15, 0.2) is 0 Å². The Bertz CT molecular complexity index is 1710. The molecule has 1 N–H and O–H groups in total. The van der Waals surface area contributed by atoms with Crippen LogP contribution in [0.1, 0.15) is 30.7 Å². The van der Waals surface area contributed by atoms with Crippen LogP contribution in [0.15, 0.2) is 91.1 Å². The minimum absolute atomic E-state index is 0.205. The molecule has 0 saturated heterocycles. The summed E-state index contributed by atoms with van der Waals surface area (Å²) in [6.07, 6.45) is 1.87. The average Bonchev–Trinajstić information content (AvgIpc) is 3.18. The molecule has 4 heteroatoms. The molecule has 0 bridgehead atoms. The van der Waals surface area contributed by atoms with Gasteiger partial charge < -0.3 is 5.11 Å². The lowest BCUT2D eigenvalue weighted by Gasteiger charge is -2.25. The van der Waals surface area contributed by atoms with Crippen LogP contribution in [0.25, 0.3) is 38.5 Å². The number of hydrogen-bond donors (Lipinski definition) is 1. The van der Waals surface area contributed by atoms with E-state index in [-0.39, 0.29) is 11.2 Å². The number of aromatic nitrogens is 3. The van der Waals surface area contributed by atoms with E-state index in [1.807, 2.05) is 30.5 Å². The van der Waals surface area contributed by atoms with Gasteiger partial charge in [-0.25, -0.2) is 9.97 Å². The highest BCUT2D eigenvalue weighted by Gasteiger charge is 2.27.